The number of hydrogen-bond donors (Lipinski definition) is 0. The molecule has 0 aliphatic heterocycles. The Labute approximate surface area is 177 Å². The number of ether oxygens (including phenoxy) is 3. The fraction of sp³-hybridized carbons (Fsp3) is 0.412. The van der Waals surface area contributed by atoms with Crippen LogP contribution in [-0.4, -0.2) is 39.7 Å². The number of aromatic nitrogens is 3. The number of carbonyl (C=O) groups is 1. The minimum Gasteiger partial charge on any atom is -0.448 e. The first-order chi connectivity index (χ1) is 11.9. The Hall–Kier alpha value is -1.80. The first-order valence-corrected chi connectivity index (χ1v) is 7.83. The molecule has 1 radical (unpaired) electrons. The fourth-order valence-corrected chi connectivity index (χ4v) is 2.07. The van der Waals surface area contributed by atoms with Crippen molar-refractivity contribution in [2.24, 2.45) is 12.0 Å². The zero-order valence-corrected chi connectivity index (χ0v) is 18.4. The van der Waals surface area contributed by atoms with Crippen LogP contribution < -0.4 is 0 Å². The van der Waals surface area contributed by atoms with Crippen molar-refractivity contribution in [3.63, 3.8) is 0 Å². The molecule has 1 atom stereocenters. The van der Waals surface area contributed by atoms with Crippen LogP contribution in [0.2, 0.25) is 0 Å². The van der Waals surface area contributed by atoms with Gasteiger partial charge >= 0.3 is 6.16 Å². The van der Waals surface area contributed by atoms with Gasteiger partial charge in [0.25, 0.3) is 0 Å². The van der Waals surface area contributed by atoms with Gasteiger partial charge in [-0.1, -0.05) is 19.4 Å². The van der Waals surface area contributed by atoms with Crippen LogP contribution in [0.15, 0.2) is 23.5 Å². The molecule has 0 N–H and O–H groups in total. The molecule has 1 unspecified atom stereocenters. The van der Waals surface area contributed by atoms with Gasteiger partial charge in [-0.25, -0.2) is 9.48 Å². The molecule has 1 heterocycles. The molecule has 0 amide bonds. The summed E-state index contributed by atoms with van der Waals surface area (Å²) in [6, 6.07) is 6.98. The van der Waals surface area contributed by atoms with Gasteiger partial charge in [0.2, 0.25) is 12.2 Å². The summed E-state index contributed by atoms with van der Waals surface area (Å²) in [7, 11) is 1.72. The molecule has 9 heteroatoms. The van der Waals surface area contributed by atoms with E-state index in [-0.39, 0.29) is 45.2 Å². The summed E-state index contributed by atoms with van der Waals surface area (Å²) < 4.78 is 17.0. The molecule has 0 saturated carbocycles. The van der Waals surface area contributed by atoms with Gasteiger partial charge in [0, 0.05) is 46.7 Å². The van der Waals surface area contributed by atoms with Crippen LogP contribution in [0, 0.1) is 19.9 Å². The molecule has 1 aromatic carbocycles. The molecule has 26 heavy (non-hydrogen) atoms. The maximum Gasteiger partial charge on any atom is 0.511 e. The van der Waals surface area contributed by atoms with E-state index < -0.39 is 12.4 Å². The number of carbonyl (C=O) groups excluding carboxylic acids is 1. The summed E-state index contributed by atoms with van der Waals surface area (Å²) in [5.74, 6) is 0.611. The van der Waals surface area contributed by atoms with Gasteiger partial charge in [-0.3, -0.25) is 0 Å². The van der Waals surface area contributed by atoms with Crippen molar-refractivity contribution in [2.75, 3.05) is 6.61 Å². The Morgan fingerprint density at radius 2 is 2.08 bits per heavy atom. The minimum absolute atomic E-state index is 0. The number of aliphatic imine (C=N–C) groups is 1. The molecule has 0 spiro atoms. The largest absolute Gasteiger partial charge is 0.511 e. The van der Waals surface area contributed by atoms with Crippen molar-refractivity contribution in [2.45, 2.75) is 34.0 Å². The Kier molecular flexibility index (Phi) is 8.88. The second-order valence-corrected chi connectivity index (χ2v) is 5.27. The maximum atomic E-state index is 11.5. The minimum atomic E-state index is -0.897. The molecule has 137 valence electrons. The number of aryl methyl sites for hydroxylation is 3. The molecule has 0 saturated heterocycles. The van der Waals surface area contributed by atoms with E-state index in [1.54, 1.807) is 20.9 Å². The molecule has 0 fully saturated rings. The molecule has 0 bridgehead atoms. The van der Waals surface area contributed by atoms with Crippen LogP contribution >= 0.6 is 0 Å². The van der Waals surface area contributed by atoms with Gasteiger partial charge in [-0.05, 0) is 6.92 Å². The van der Waals surface area contributed by atoms with Gasteiger partial charge in [0.1, 0.15) is 6.33 Å². The molecule has 1 aromatic heterocycles. The van der Waals surface area contributed by atoms with E-state index in [9.17, 15) is 4.79 Å². The summed E-state index contributed by atoms with van der Waals surface area (Å²) in [4.78, 5) is 19.9. The number of benzene rings is 1. The Balaban J connectivity index is 0.00000338. The predicted octanol–water partition coefficient (Wildman–Crippen LogP) is 2.84. The standard InChI is InChI=1S/C17H21N4O4.Y/c1-6-23-17(22)25-13(4)24-15(20-16-18-10-19-21(16)5)14-8-7-11(2)9-12(14)3;/h7-8,10,13H,6H2,1-5H3;/q-1;. The fourth-order valence-electron chi connectivity index (χ4n) is 2.07. The molecule has 0 aliphatic carbocycles. The van der Waals surface area contributed by atoms with E-state index in [1.165, 1.54) is 11.0 Å². The van der Waals surface area contributed by atoms with E-state index >= 15 is 0 Å². The second kappa shape index (κ2) is 10.4. The first-order valence-electron chi connectivity index (χ1n) is 7.83. The Morgan fingerprint density at radius 1 is 1.35 bits per heavy atom. The van der Waals surface area contributed by atoms with Crippen molar-refractivity contribution in [3.8, 4) is 0 Å². The van der Waals surface area contributed by atoms with E-state index in [0.29, 0.717) is 11.5 Å². The summed E-state index contributed by atoms with van der Waals surface area (Å²) in [5, 5.41) is 3.98. The normalized spacial score (nSPS) is 12.1. The summed E-state index contributed by atoms with van der Waals surface area (Å²) in [6.07, 6.45) is -0.310. The smallest absolute Gasteiger partial charge is 0.448 e. The first kappa shape index (κ1) is 22.2. The van der Waals surface area contributed by atoms with Crippen LogP contribution in [0.3, 0.4) is 0 Å². The molecular formula is C17H21N4O4Y-. The third-order valence-corrected chi connectivity index (χ3v) is 3.21. The third-order valence-electron chi connectivity index (χ3n) is 3.21. The van der Waals surface area contributed by atoms with Crippen molar-refractivity contribution < 1.29 is 51.7 Å². The zero-order valence-electron chi connectivity index (χ0n) is 15.5. The van der Waals surface area contributed by atoms with Gasteiger partial charge in [-0.2, -0.15) is 44.4 Å². The topological polar surface area (TPSA) is 87.8 Å². The summed E-state index contributed by atoms with van der Waals surface area (Å²) >= 11 is 0. The van der Waals surface area contributed by atoms with Crippen molar-refractivity contribution in [3.05, 3.63) is 41.2 Å². The van der Waals surface area contributed by atoms with Gasteiger partial charge in [0.05, 0.1) is 6.61 Å². The van der Waals surface area contributed by atoms with E-state index in [2.05, 4.69) is 21.1 Å². The summed E-state index contributed by atoms with van der Waals surface area (Å²) in [6.45, 7) is 7.34. The zero-order chi connectivity index (χ0) is 18.4. The van der Waals surface area contributed by atoms with Crippen molar-refractivity contribution in [1.29, 1.82) is 0 Å². The molecule has 8 nitrogen and oxygen atoms in total. The van der Waals surface area contributed by atoms with Crippen LogP contribution in [0.25, 0.3) is 0 Å². The van der Waals surface area contributed by atoms with E-state index in [4.69, 9.17) is 14.2 Å². The van der Waals surface area contributed by atoms with E-state index in [1.807, 2.05) is 26.0 Å². The maximum absolute atomic E-state index is 11.5. The molecule has 2 aromatic rings. The molecular weight excluding hydrogens is 413 g/mol. The third kappa shape index (κ3) is 6.18. The average molecular weight is 434 g/mol. The average Bonchev–Trinajstić information content (AvgIpc) is 2.92. The Morgan fingerprint density at radius 3 is 2.65 bits per heavy atom. The van der Waals surface area contributed by atoms with Crippen LogP contribution in [0.1, 0.15) is 30.5 Å². The van der Waals surface area contributed by atoms with Crippen LogP contribution in [0.5, 0.6) is 0 Å². The number of rotatable bonds is 5. The number of nitrogens with zero attached hydrogens (tertiary/aromatic N) is 4. The monoisotopic (exact) mass is 434 g/mol. The van der Waals surface area contributed by atoms with Gasteiger partial charge in [-0.15, -0.1) is 0 Å². The molecule has 0 aliphatic rings. The van der Waals surface area contributed by atoms with Crippen LogP contribution in [-0.2, 0) is 54.0 Å². The Bertz CT molecular complexity index is 776. The van der Waals surface area contributed by atoms with Crippen molar-refractivity contribution in [1.82, 2.24) is 14.8 Å². The number of hydrogen-bond acceptors (Lipinski definition) is 7. The predicted molar refractivity (Wildman–Crippen MR) is 90.6 cm³/mol. The summed E-state index contributed by atoms with van der Waals surface area (Å²) in [5.41, 5.74) is 2.56. The second-order valence-electron chi connectivity index (χ2n) is 5.27. The molecule has 2 rings (SSSR count). The SMILES string of the molecule is CCOC(=O)OC(C)OC(=Nc1ncnn1C)c1ccc(C)[c-]c1C.[Y]. The van der Waals surface area contributed by atoms with Gasteiger partial charge in [0.15, 0.2) is 5.90 Å². The van der Waals surface area contributed by atoms with E-state index in [0.717, 1.165) is 11.1 Å². The quantitative estimate of drug-likeness (QED) is 0.237. The van der Waals surface area contributed by atoms with Crippen LogP contribution in [0.4, 0.5) is 10.7 Å². The van der Waals surface area contributed by atoms with Crippen molar-refractivity contribution >= 4 is 18.0 Å². The van der Waals surface area contributed by atoms with Gasteiger partial charge < -0.3 is 14.2 Å².